The first-order valence-corrected chi connectivity index (χ1v) is 8.45. The lowest BCUT2D eigenvalue weighted by molar-refractivity contribution is -0.142. The van der Waals surface area contributed by atoms with Crippen molar-refractivity contribution in [2.75, 3.05) is 6.54 Å². The second kappa shape index (κ2) is 6.94. The first-order valence-electron chi connectivity index (χ1n) is 8.45. The molecule has 0 spiro atoms. The Morgan fingerprint density at radius 3 is 2.20 bits per heavy atom. The molecular formula is C19H27NO5. The molecule has 1 aromatic rings. The summed E-state index contributed by atoms with van der Waals surface area (Å²) in [5.41, 5.74) is 2.76. The largest absolute Gasteiger partial charge is 0.488 e. The average Bonchev–Trinajstić information content (AvgIpc) is 2.87. The summed E-state index contributed by atoms with van der Waals surface area (Å²) in [7, 11) is 0. The van der Waals surface area contributed by atoms with Crippen LogP contribution in [-0.4, -0.2) is 46.4 Å². The van der Waals surface area contributed by atoms with Crippen LogP contribution >= 0.6 is 0 Å². The maximum atomic E-state index is 12.3. The van der Waals surface area contributed by atoms with Crippen molar-refractivity contribution < 1.29 is 24.2 Å². The standard InChI is InChI=1S/C19H27NO5/c1-11-7-14(8-12(2)13(11)3)24-15-9-16(17(21)22)20(10-15)18(23)25-19(4,5)6/h7-8,15-16H,9-10H2,1-6H3,(H,21,22). The summed E-state index contributed by atoms with van der Waals surface area (Å²) in [5.74, 6) is -0.353. The molecule has 25 heavy (non-hydrogen) atoms. The van der Waals surface area contributed by atoms with E-state index in [-0.39, 0.29) is 19.1 Å². The molecule has 0 saturated carbocycles. The smallest absolute Gasteiger partial charge is 0.411 e. The number of aryl methyl sites for hydroxylation is 2. The van der Waals surface area contributed by atoms with Crippen LogP contribution in [0, 0.1) is 20.8 Å². The highest BCUT2D eigenvalue weighted by Gasteiger charge is 2.42. The quantitative estimate of drug-likeness (QED) is 0.904. The lowest BCUT2D eigenvalue weighted by Crippen LogP contribution is -2.43. The van der Waals surface area contributed by atoms with Gasteiger partial charge in [0.15, 0.2) is 0 Å². The van der Waals surface area contributed by atoms with Crippen LogP contribution in [0.5, 0.6) is 5.75 Å². The van der Waals surface area contributed by atoms with E-state index in [2.05, 4.69) is 6.92 Å². The Kier molecular flexibility index (Phi) is 5.30. The molecule has 6 nitrogen and oxygen atoms in total. The number of carboxylic acid groups (broad SMARTS) is 1. The highest BCUT2D eigenvalue weighted by molar-refractivity contribution is 5.81. The monoisotopic (exact) mass is 349 g/mol. The minimum atomic E-state index is -1.05. The summed E-state index contributed by atoms with van der Waals surface area (Å²) < 4.78 is 11.3. The number of aliphatic carboxylic acids is 1. The van der Waals surface area contributed by atoms with Crippen LogP contribution in [0.4, 0.5) is 4.79 Å². The van der Waals surface area contributed by atoms with Gasteiger partial charge in [-0.3, -0.25) is 4.90 Å². The van der Waals surface area contributed by atoms with E-state index < -0.39 is 23.7 Å². The molecule has 6 heteroatoms. The molecule has 2 unspecified atom stereocenters. The number of carbonyl (C=O) groups excluding carboxylic acids is 1. The van der Waals surface area contributed by atoms with Gasteiger partial charge in [-0.15, -0.1) is 0 Å². The van der Waals surface area contributed by atoms with Crippen LogP contribution in [0.15, 0.2) is 12.1 Å². The third-order valence-electron chi connectivity index (χ3n) is 4.38. The van der Waals surface area contributed by atoms with E-state index in [1.807, 2.05) is 26.0 Å². The summed E-state index contributed by atoms with van der Waals surface area (Å²) in [5, 5.41) is 9.43. The molecule has 2 atom stereocenters. The van der Waals surface area contributed by atoms with Crippen molar-refractivity contribution in [1.29, 1.82) is 0 Å². The van der Waals surface area contributed by atoms with Crippen molar-refractivity contribution in [2.45, 2.75) is 65.7 Å². The summed E-state index contributed by atoms with van der Waals surface area (Å²) in [6.45, 7) is 11.5. The van der Waals surface area contributed by atoms with Crippen LogP contribution in [-0.2, 0) is 9.53 Å². The molecule has 0 radical (unpaired) electrons. The number of ether oxygens (including phenoxy) is 2. The van der Waals surface area contributed by atoms with Gasteiger partial charge in [0, 0.05) is 6.42 Å². The first kappa shape index (κ1) is 19.1. The molecule has 1 saturated heterocycles. The molecule has 2 rings (SSSR count). The molecule has 1 aliphatic rings. The van der Waals surface area contributed by atoms with Crippen molar-refractivity contribution in [2.24, 2.45) is 0 Å². The van der Waals surface area contributed by atoms with E-state index in [1.165, 1.54) is 10.5 Å². The number of amides is 1. The Hall–Kier alpha value is -2.24. The predicted octanol–water partition coefficient (Wildman–Crippen LogP) is 3.45. The summed E-state index contributed by atoms with van der Waals surface area (Å²) in [6, 6.07) is 2.94. The van der Waals surface area contributed by atoms with Gasteiger partial charge in [-0.05, 0) is 70.4 Å². The van der Waals surface area contributed by atoms with Gasteiger partial charge in [-0.25, -0.2) is 9.59 Å². The predicted molar refractivity (Wildman–Crippen MR) is 94.0 cm³/mol. The van der Waals surface area contributed by atoms with E-state index in [1.54, 1.807) is 20.8 Å². The number of hydrogen-bond acceptors (Lipinski definition) is 4. The van der Waals surface area contributed by atoms with Crippen LogP contribution in [0.25, 0.3) is 0 Å². The van der Waals surface area contributed by atoms with E-state index in [4.69, 9.17) is 9.47 Å². The minimum absolute atomic E-state index is 0.192. The lowest BCUT2D eigenvalue weighted by Gasteiger charge is -2.26. The highest BCUT2D eigenvalue weighted by atomic mass is 16.6. The Bertz CT molecular complexity index is 654. The normalized spacial score (nSPS) is 20.5. The van der Waals surface area contributed by atoms with E-state index in [0.717, 1.165) is 11.1 Å². The lowest BCUT2D eigenvalue weighted by atomic mass is 10.0. The molecule has 0 bridgehead atoms. The van der Waals surface area contributed by atoms with Crippen molar-refractivity contribution in [3.8, 4) is 5.75 Å². The van der Waals surface area contributed by atoms with Gasteiger partial charge in [0.1, 0.15) is 23.5 Å². The highest BCUT2D eigenvalue weighted by Crippen LogP contribution is 2.27. The zero-order valence-electron chi connectivity index (χ0n) is 15.8. The number of hydrogen-bond donors (Lipinski definition) is 1. The third kappa shape index (κ3) is 4.65. The second-order valence-electron chi connectivity index (χ2n) is 7.64. The minimum Gasteiger partial charge on any atom is -0.488 e. The SMILES string of the molecule is Cc1cc(OC2CC(C(=O)O)N(C(=O)OC(C)(C)C)C2)cc(C)c1C. The number of carbonyl (C=O) groups is 2. The first-order chi connectivity index (χ1) is 11.5. The van der Waals surface area contributed by atoms with Gasteiger partial charge >= 0.3 is 12.1 Å². The summed E-state index contributed by atoms with van der Waals surface area (Å²) in [6.07, 6.45) is -0.766. The summed E-state index contributed by atoms with van der Waals surface area (Å²) >= 11 is 0. The zero-order valence-corrected chi connectivity index (χ0v) is 15.8. The fourth-order valence-corrected chi connectivity index (χ4v) is 2.90. The molecule has 0 aromatic heterocycles. The Morgan fingerprint density at radius 2 is 1.72 bits per heavy atom. The van der Waals surface area contributed by atoms with Gasteiger partial charge in [-0.2, -0.15) is 0 Å². The fraction of sp³-hybridized carbons (Fsp3) is 0.579. The Morgan fingerprint density at radius 1 is 1.16 bits per heavy atom. The van der Waals surface area contributed by atoms with E-state index >= 15 is 0 Å². The topological polar surface area (TPSA) is 76.1 Å². The molecule has 1 heterocycles. The molecule has 1 aliphatic heterocycles. The fourth-order valence-electron chi connectivity index (χ4n) is 2.90. The van der Waals surface area contributed by atoms with Crippen LogP contribution in [0.2, 0.25) is 0 Å². The average molecular weight is 349 g/mol. The molecule has 1 aromatic carbocycles. The van der Waals surface area contributed by atoms with E-state index in [9.17, 15) is 14.7 Å². The van der Waals surface area contributed by atoms with Crippen LogP contribution < -0.4 is 4.74 Å². The number of carboxylic acids is 1. The Balaban J connectivity index is 2.14. The second-order valence-corrected chi connectivity index (χ2v) is 7.64. The van der Waals surface area contributed by atoms with Gasteiger partial charge in [0.05, 0.1) is 6.54 Å². The van der Waals surface area contributed by atoms with Gasteiger partial charge < -0.3 is 14.6 Å². The number of benzene rings is 1. The van der Waals surface area contributed by atoms with Crippen LogP contribution in [0.1, 0.15) is 43.9 Å². The van der Waals surface area contributed by atoms with E-state index in [0.29, 0.717) is 5.75 Å². The van der Waals surface area contributed by atoms with Gasteiger partial charge in [-0.1, -0.05) is 0 Å². The van der Waals surface area contributed by atoms with Crippen molar-refractivity contribution in [3.63, 3.8) is 0 Å². The summed E-state index contributed by atoms with van der Waals surface area (Å²) in [4.78, 5) is 25.1. The van der Waals surface area contributed by atoms with Crippen molar-refractivity contribution in [3.05, 3.63) is 28.8 Å². The molecule has 0 aliphatic carbocycles. The number of likely N-dealkylation sites (tertiary alicyclic amines) is 1. The van der Waals surface area contributed by atoms with Crippen molar-refractivity contribution in [1.82, 2.24) is 4.90 Å². The van der Waals surface area contributed by atoms with Crippen molar-refractivity contribution >= 4 is 12.1 Å². The molecule has 1 fully saturated rings. The third-order valence-corrected chi connectivity index (χ3v) is 4.38. The molecule has 1 N–H and O–H groups in total. The number of nitrogens with zero attached hydrogens (tertiary/aromatic N) is 1. The van der Waals surface area contributed by atoms with Gasteiger partial charge in [0.25, 0.3) is 0 Å². The number of rotatable bonds is 3. The molecule has 138 valence electrons. The molecule has 1 amide bonds. The van der Waals surface area contributed by atoms with Gasteiger partial charge in [0.2, 0.25) is 0 Å². The maximum Gasteiger partial charge on any atom is 0.411 e. The molecular weight excluding hydrogens is 322 g/mol. The van der Waals surface area contributed by atoms with Crippen LogP contribution in [0.3, 0.4) is 0 Å². The Labute approximate surface area is 148 Å². The zero-order chi connectivity index (χ0) is 18.9. The maximum absolute atomic E-state index is 12.3.